The van der Waals surface area contributed by atoms with Crippen LogP contribution in [0.5, 0.6) is 0 Å². The number of aliphatic hydroxyl groups is 1. The third-order valence-electron chi connectivity index (χ3n) is 0.728. The normalized spacial score (nSPS) is 12.8. The largest absolute Gasteiger partial charge is 0.396 e. The van der Waals surface area contributed by atoms with Crippen molar-refractivity contribution in [1.82, 2.24) is 5.32 Å². The second kappa shape index (κ2) is 4.29. The van der Waals surface area contributed by atoms with Crippen molar-refractivity contribution >= 4 is 5.91 Å². The van der Waals surface area contributed by atoms with Gasteiger partial charge in [-0.25, -0.2) is 0 Å². The highest BCUT2D eigenvalue weighted by Crippen LogP contribution is 1.76. The molecule has 0 rings (SSSR count). The van der Waals surface area contributed by atoms with E-state index < -0.39 is 0 Å². The molecule has 0 aliphatic heterocycles. The number of carbonyl (C=O) groups excluding carboxylic acids is 1. The van der Waals surface area contributed by atoms with Gasteiger partial charge in [-0.3, -0.25) is 4.79 Å². The van der Waals surface area contributed by atoms with E-state index >= 15 is 0 Å². The number of nitrogens with one attached hydrogen (secondary N) is 1. The van der Waals surface area contributed by atoms with Crippen molar-refractivity contribution < 1.29 is 9.90 Å². The molecule has 0 fully saturated rings. The van der Waals surface area contributed by atoms with Crippen molar-refractivity contribution in [2.24, 2.45) is 5.73 Å². The zero-order valence-electron chi connectivity index (χ0n) is 5.42. The topological polar surface area (TPSA) is 75.3 Å². The van der Waals surface area contributed by atoms with Crippen LogP contribution in [0.4, 0.5) is 0 Å². The molecule has 0 bridgehead atoms. The van der Waals surface area contributed by atoms with Gasteiger partial charge in [0, 0.05) is 6.42 Å². The van der Waals surface area contributed by atoms with Gasteiger partial charge in [0.2, 0.25) is 5.91 Å². The van der Waals surface area contributed by atoms with Crippen LogP contribution in [0.3, 0.4) is 0 Å². The Kier molecular flexibility index (Phi) is 4.00. The highest BCUT2D eigenvalue weighted by molar-refractivity contribution is 5.76. The van der Waals surface area contributed by atoms with E-state index in [-0.39, 0.29) is 25.1 Å². The highest BCUT2D eigenvalue weighted by Gasteiger charge is 1.99. The Labute approximate surface area is 54.0 Å². The molecule has 1 atom stereocenters. The number of hydrogen-bond donors (Lipinski definition) is 3. The smallest absolute Gasteiger partial charge is 0.223 e. The molecular weight excluding hydrogens is 120 g/mol. The first-order valence-electron chi connectivity index (χ1n) is 2.82. The SMILES string of the molecule is CC(N)NC(=O)CCO. The second-order valence-corrected chi connectivity index (χ2v) is 1.83. The summed E-state index contributed by atoms with van der Waals surface area (Å²) in [4.78, 5) is 10.5. The van der Waals surface area contributed by atoms with Crippen molar-refractivity contribution in [1.29, 1.82) is 0 Å². The molecule has 4 nitrogen and oxygen atoms in total. The van der Waals surface area contributed by atoms with E-state index in [1.165, 1.54) is 0 Å². The van der Waals surface area contributed by atoms with Crippen molar-refractivity contribution in [2.45, 2.75) is 19.5 Å². The molecule has 1 unspecified atom stereocenters. The molecular formula is C5H12N2O2. The predicted octanol–water partition coefficient (Wildman–Crippen LogP) is -1.21. The van der Waals surface area contributed by atoms with Gasteiger partial charge >= 0.3 is 0 Å². The van der Waals surface area contributed by atoms with Gasteiger partial charge in [0.15, 0.2) is 0 Å². The molecule has 0 saturated heterocycles. The molecule has 9 heavy (non-hydrogen) atoms. The highest BCUT2D eigenvalue weighted by atomic mass is 16.3. The van der Waals surface area contributed by atoms with Crippen LogP contribution in [-0.4, -0.2) is 23.8 Å². The first-order valence-corrected chi connectivity index (χ1v) is 2.82. The molecule has 54 valence electrons. The average Bonchev–Trinajstić information content (AvgIpc) is 1.63. The van der Waals surface area contributed by atoms with Gasteiger partial charge in [-0.2, -0.15) is 0 Å². The average molecular weight is 132 g/mol. The van der Waals surface area contributed by atoms with Gasteiger partial charge in [0.05, 0.1) is 12.8 Å². The second-order valence-electron chi connectivity index (χ2n) is 1.83. The van der Waals surface area contributed by atoms with Crippen molar-refractivity contribution in [3.8, 4) is 0 Å². The van der Waals surface area contributed by atoms with Crippen LogP contribution in [0.1, 0.15) is 13.3 Å². The van der Waals surface area contributed by atoms with E-state index in [0.717, 1.165) is 0 Å². The minimum absolute atomic E-state index is 0.126. The van der Waals surface area contributed by atoms with Crippen LogP contribution in [0, 0.1) is 0 Å². The lowest BCUT2D eigenvalue weighted by molar-refractivity contribution is -0.122. The predicted molar refractivity (Wildman–Crippen MR) is 33.5 cm³/mol. The fraction of sp³-hybridized carbons (Fsp3) is 0.800. The lowest BCUT2D eigenvalue weighted by Gasteiger charge is -2.05. The first kappa shape index (κ1) is 8.39. The molecule has 4 heteroatoms. The summed E-state index contributed by atoms with van der Waals surface area (Å²) < 4.78 is 0. The summed E-state index contributed by atoms with van der Waals surface area (Å²) in [5.74, 6) is -0.215. The summed E-state index contributed by atoms with van der Waals surface area (Å²) >= 11 is 0. The minimum Gasteiger partial charge on any atom is -0.396 e. The first-order chi connectivity index (χ1) is 4.16. The Morgan fingerprint density at radius 1 is 1.89 bits per heavy atom. The summed E-state index contributed by atoms with van der Waals surface area (Å²) in [7, 11) is 0. The summed E-state index contributed by atoms with van der Waals surface area (Å²) in [5.41, 5.74) is 5.21. The van der Waals surface area contributed by atoms with Crippen LogP contribution < -0.4 is 11.1 Å². The zero-order chi connectivity index (χ0) is 7.28. The van der Waals surface area contributed by atoms with Crippen molar-refractivity contribution in [3.05, 3.63) is 0 Å². The number of hydrogen-bond acceptors (Lipinski definition) is 3. The number of rotatable bonds is 3. The van der Waals surface area contributed by atoms with Gasteiger partial charge in [-0.05, 0) is 6.92 Å². The number of carbonyl (C=O) groups is 1. The molecule has 0 aliphatic carbocycles. The summed E-state index contributed by atoms with van der Waals surface area (Å²) in [5, 5.41) is 10.7. The molecule has 1 amide bonds. The van der Waals surface area contributed by atoms with Crippen LogP contribution >= 0.6 is 0 Å². The monoisotopic (exact) mass is 132 g/mol. The third-order valence-corrected chi connectivity index (χ3v) is 0.728. The van der Waals surface area contributed by atoms with Gasteiger partial charge in [0.1, 0.15) is 0 Å². The third kappa shape index (κ3) is 5.26. The molecule has 0 spiro atoms. The summed E-state index contributed by atoms with van der Waals surface area (Å²) in [6.07, 6.45) is -0.203. The standard InChI is InChI=1S/C5H12N2O2/c1-4(6)7-5(9)2-3-8/h4,8H,2-3,6H2,1H3,(H,7,9). The van der Waals surface area contributed by atoms with E-state index in [4.69, 9.17) is 10.8 Å². The fourth-order valence-electron chi connectivity index (χ4n) is 0.428. The molecule has 0 heterocycles. The Bertz CT molecular complexity index is 93.0. The number of aliphatic hydroxyl groups excluding tert-OH is 1. The fourth-order valence-corrected chi connectivity index (χ4v) is 0.428. The maximum atomic E-state index is 10.5. The van der Waals surface area contributed by atoms with E-state index in [1.54, 1.807) is 6.92 Å². The van der Waals surface area contributed by atoms with E-state index in [2.05, 4.69) is 5.32 Å². The summed E-state index contributed by atoms with van der Waals surface area (Å²) in [6, 6.07) is 0. The van der Waals surface area contributed by atoms with Crippen LogP contribution in [0.15, 0.2) is 0 Å². The van der Waals surface area contributed by atoms with Crippen molar-refractivity contribution in [3.63, 3.8) is 0 Å². The van der Waals surface area contributed by atoms with Gasteiger partial charge < -0.3 is 16.2 Å². The van der Waals surface area contributed by atoms with E-state index in [9.17, 15) is 4.79 Å². The van der Waals surface area contributed by atoms with E-state index in [1.807, 2.05) is 0 Å². The molecule has 0 aromatic rings. The lowest BCUT2D eigenvalue weighted by atomic mass is 10.4. The molecule has 0 radical (unpaired) electrons. The Morgan fingerprint density at radius 3 is 2.78 bits per heavy atom. The lowest BCUT2D eigenvalue weighted by Crippen LogP contribution is -2.39. The minimum atomic E-state index is -0.330. The number of nitrogens with two attached hydrogens (primary N) is 1. The molecule has 0 saturated carbocycles. The van der Waals surface area contributed by atoms with Crippen LogP contribution in [0.2, 0.25) is 0 Å². The molecule has 0 aliphatic rings. The van der Waals surface area contributed by atoms with Gasteiger partial charge in [-0.1, -0.05) is 0 Å². The van der Waals surface area contributed by atoms with Gasteiger partial charge in [-0.15, -0.1) is 0 Å². The molecule has 4 N–H and O–H groups in total. The maximum Gasteiger partial charge on any atom is 0.223 e. The van der Waals surface area contributed by atoms with Crippen LogP contribution in [-0.2, 0) is 4.79 Å². The van der Waals surface area contributed by atoms with Crippen LogP contribution in [0.25, 0.3) is 0 Å². The zero-order valence-corrected chi connectivity index (χ0v) is 5.42. The molecule has 0 aromatic carbocycles. The van der Waals surface area contributed by atoms with Gasteiger partial charge in [0.25, 0.3) is 0 Å². The van der Waals surface area contributed by atoms with E-state index in [0.29, 0.717) is 0 Å². The Morgan fingerprint density at radius 2 is 2.44 bits per heavy atom. The Balaban J connectivity index is 3.27. The Hall–Kier alpha value is -0.610. The summed E-state index contributed by atoms with van der Waals surface area (Å²) in [6.45, 7) is 1.54. The maximum absolute atomic E-state index is 10.5. The number of amides is 1. The van der Waals surface area contributed by atoms with Crippen molar-refractivity contribution in [2.75, 3.05) is 6.61 Å². The quantitative estimate of drug-likeness (QED) is 0.422. The molecule has 0 aromatic heterocycles.